The zero-order valence-corrected chi connectivity index (χ0v) is 9.88. The highest BCUT2D eigenvalue weighted by molar-refractivity contribution is 5.40. The maximum Gasteiger partial charge on any atom is 0.125 e. The summed E-state index contributed by atoms with van der Waals surface area (Å²) in [5.74, 6) is 1.79. The van der Waals surface area contributed by atoms with Crippen LogP contribution in [-0.4, -0.2) is 14.2 Å². The second-order valence-corrected chi connectivity index (χ2v) is 3.63. The molecule has 2 heteroatoms. The summed E-state index contributed by atoms with van der Waals surface area (Å²) in [5.41, 5.74) is 1.27. The van der Waals surface area contributed by atoms with Crippen LogP contribution in [-0.2, 0) is 6.42 Å². The second-order valence-electron chi connectivity index (χ2n) is 3.63. The van der Waals surface area contributed by atoms with Gasteiger partial charge in [0.05, 0.1) is 14.2 Å². The maximum atomic E-state index is 5.34. The van der Waals surface area contributed by atoms with E-state index in [2.05, 4.69) is 13.0 Å². The van der Waals surface area contributed by atoms with Crippen LogP contribution in [0.15, 0.2) is 18.2 Å². The van der Waals surface area contributed by atoms with E-state index in [-0.39, 0.29) is 0 Å². The molecule has 0 aliphatic heterocycles. The van der Waals surface area contributed by atoms with E-state index in [1.807, 2.05) is 12.1 Å². The molecule has 1 rings (SSSR count). The monoisotopic (exact) mass is 208 g/mol. The fourth-order valence-corrected chi connectivity index (χ4v) is 1.62. The molecule has 1 aromatic rings. The van der Waals surface area contributed by atoms with Crippen molar-refractivity contribution in [1.29, 1.82) is 0 Å². The Kier molecular flexibility index (Phi) is 5.02. The van der Waals surface area contributed by atoms with Crippen molar-refractivity contribution in [2.45, 2.75) is 32.6 Å². The van der Waals surface area contributed by atoms with Gasteiger partial charge in [-0.3, -0.25) is 0 Å². The minimum atomic E-state index is 0.853. The van der Waals surface area contributed by atoms with Gasteiger partial charge in [0.25, 0.3) is 0 Å². The zero-order valence-electron chi connectivity index (χ0n) is 9.88. The first-order valence-electron chi connectivity index (χ1n) is 5.52. The smallest absolute Gasteiger partial charge is 0.125 e. The molecule has 0 N–H and O–H groups in total. The lowest BCUT2D eigenvalue weighted by molar-refractivity contribution is 0.390. The minimum Gasteiger partial charge on any atom is -0.497 e. The second kappa shape index (κ2) is 6.33. The first kappa shape index (κ1) is 11.9. The third kappa shape index (κ3) is 3.46. The average molecular weight is 208 g/mol. The largest absolute Gasteiger partial charge is 0.497 e. The Hall–Kier alpha value is -1.18. The van der Waals surface area contributed by atoms with Gasteiger partial charge in [0.1, 0.15) is 11.5 Å². The number of rotatable bonds is 6. The maximum absolute atomic E-state index is 5.34. The van der Waals surface area contributed by atoms with Crippen molar-refractivity contribution in [3.63, 3.8) is 0 Å². The van der Waals surface area contributed by atoms with Gasteiger partial charge in [0.15, 0.2) is 0 Å². The molecule has 0 saturated carbocycles. The molecule has 1 aromatic carbocycles. The van der Waals surface area contributed by atoms with Gasteiger partial charge in [0, 0.05) is 6.07 Å². The fraction of sp³-hybridized carbons (Fsp3) is 0.538. The molecule has 0 heterocycles. The van der Waals surface area contributed by atoms with E-state index in [0.717, 1.165) is 17.9 Å². The fourth-order valence-electron chi connectivity index (χ4n) is 1.62. The molecule has 0 aromatic heterocycles. The van der Waals surface area contributed by atoms with E-state index < -0.39 is 0 Å². The number of unbranched alkanes of at least 4 members (excludes halogenated alkanes) is 2. The predicted molar refractivity (Wildman–Crippen MR) is 62.8 cm³/mol. The zero-order chi connectivity index (χ0) is 11.1. The van der Waals surface area contributed by atoms with E-state index in [1.54, 1.807) is 14.2 Å². The van der Waals surface area contributed by atoms with E-state index in [1.165, 1.54) is 24.8 Å². The van der Waals surface area contributed by atoms with E-state index in [4.69, 9.17) is 9.47 Å². The van der Waals surface area contributed by atoms with Crippen LogP contribution >= 0.6 is 0 Å². The summed E-state index contributed by atoms with van der Waals surface area (Å²) in [4.78, 5) is 0. The lowest BCUT2D eigenvalue weighted by atomic mass is 10.1. The van der Waals surface area contributed by atoms with Crippen LogP contribution in [0.3, 0.4) is 0 Å². The predicted octanol–water partition coefficient (Wildman–Crippen LogP) is 3.44. The van der Waals surface area contributed by atoms with Gasteiger partial charge in [-0.15, -0.1) is 0 Å². The molecule has 0 amide bonds. The molecule has 0 unspecified atom stereocenters. The summed E-state index contributed by atoms with van der Waals surface area (Å²) in [6.07, 6.45) is 4.83. The van der Waals surface area contributed by atoms with Crippen LogP contribution in [0.4, 0.5) is 0 Å². The van der Waals surface area contributed by atoms with Crippen molar-refractivity contribution < 1.29 is 9.47 Å². The first-order chi connectivity index (χ1) is 7.31. The highest BCUT2D eigenvalue weighted by atomic mass is 16.5. The van der Waals surface area contributed by atoms with E-state index in [0.29, 0.717) is 0 Å². The number of ether oxygens (including phenoxy) is 2. The normalized spacial score (nSPS) is 10.1. The molecule has 0 atom stereocenters. The summed E-state index contributed by atoms with van der Waals surface area (Å²) < 4.78 is 10.5. The topological polar surface area (TPSA) is 18.5 Å². The van der Waals surface area contributed by atoms with Gasteiger partial charge in [-0.2, -0.15) is 0 Å². The Labute approximate surface area is 92.2 Å². The van der Waals surface area contributed by atoms with Crippen molar-refractivity contribution in [3.05, 3.63) is 23.8 Å². The molecule has 0 aliphatic carbocycles. The third-order valence-corrected chi connectivity index (χ3v) is 2.54. The Morgan fingerprint density at radius 2 is 1.87 bits per heavy atom. The van der Waals surface area contributed by atoms with Crippen LogP contribution < -0.4 is 9.47 Å². The van der Waals surface area contributed by atoms with Crippen molar-refractivity contribution in [2.75, 3.05) is 14.2 Å². The summed E-state index contributed by atoms with van der Waals surface area (Å²) >= 11 is 0. The molecular formula is C13H20O2. The van der Waals surface area contributed by atoms with Crippen molar-refractivity contribution in [3.8, 4) is 11.5 Å². The lowest BCUT2D eigenvalue weighted by Crippen LogP contribution is -1.94. The van der Waals surface area contributed by atoms with Crippen molar-refractivity contribution >= 4 is 0 Å². The van der Waals surface area contributed by atoms with E-state index in [9.17, 15) is 0 Å². The number of hydrogen-bond donors (Lipinski definition) is 0. The van der Waals surface area contributed by atoms with Crippen LogP contribution in [0, 0.1) is 0 Å². The number of benzene rings is 1. The summed E-state index contributed by atoms with van der Waals surface area (Å²) in [6.45, 7) is 2.21. The van der Waals surface area contributed by atoms with Gasteiger partial charge >= 0.3 is 0 Å². The molecule has 0 saturated heterocycles. The molecule has 0 fully saturated rings. The summed E-state index contributed by atoms with van der Waals surface area (Å²) in [6, 6.07) is 6.03. The quantitative estimate of drug-likeness (QED) is 0.667. The summed E-state index contributed by atoms with van der Waals surface area (Å²) in [5, 5.41) is 0. The molecule has 15 heavy (non-hydrogen) atoms. The molecule has 0 spiro atoms. The van der Waals surface area contributed by atoms with Gasteiger partial charge in [-0.1, -0.05) is 25.8 Å². The molecular weight excluding hydrogens is 188 g/mol. The van der Waals surface area contributed by atoms with Crippen LogP contribution in [0.1, 0.15) is 31.7 Å². The molecule has 0 bridgehead atoms. The highest BCUT2D eigenvalue weighted by Gasteiger charge is 2.04. The first-order valence-corrected chi connectivity index (χ1v) is 5.52. The van der Waals surface area contributed by atoms with Gasteiger partial charge in [-0.25, -0.2) is 0 Å². The number of hydrogen-bond acceptors (Lipinski definition) is 2. The Morgan fingerprint density at radius 1 is 1.07 bits per heavy atom. The standard InChI is InChI=1S/C13H20O2/c1-4-5-6-7-11-8-9-12(14-2)10-13(11)15-3/h8-10H,4-7H2,1-3H3. The lowest BCUT2D eigenvalue weighted by Gasteiger charge is -2.09. The minimum absolute atomic E-state index is 0.853. The molecule has 84 valence electrons. The van der Waals surface area contributed by atoms with Crippen LogP contribution in [0.25, 0.3) is 0 Å². The van der Waals surface area contributed by atoms with Gasteiger partial charge in [0.2, 0.25) is 0 Å². The highest BCUT2D eigenvalue weighted by Crippen LogP contribution is 2.25. The summed E-state index contributed by atoms with van der Waals surface area (Å²) in [7, 11) is 3.38. The third-order valence-electron chi connectivity index (χ3n) is 2.54. The van der Waals surface area contributed by atoms with Crippen LogP contribution in [0.2, 0.25) is 0 Å². The van der Waals surface area contributed by atoms with Gasteiger partial charge < -0.3 is 9.47 Å². The van der Waals surface area contributed by atoms with E-state index >= 15 is 0 Å². The SMILES string of the molecule is CCCCCc1ccc(OC)cc1OC. The van der Waals surface area contributed by atoms with Gasteiger partial charge in [-0.05, 0) is 24.5 Å². The molecule has 0 radical (unpaired) electrons. The Morgan fingerprint density at radius 3 is 2.47 bits per heavy atom. The van der Waals surface area contributed by atoms with Crippen molar-refractivity contribution in [2.24, 2.45) is 0 Å². The number of methoxy groups -OCH3 is 2. The van der Waals surface area contributed by atoms with Crippen molar-refractivity contribution in [1.82, 2.24) is 0 Å². The average Bonchev–Trinajstić information content (AvgIpc) is 2.29. The molecule has 2 nitrogen and oxygen atoms in total. The van der Waals surface area contributed by atoms with Crippen LogP contribution in [0.5, 0.6) is 11.5 Å². The Balaban J connectivity index is 2.69. The Bertz CT molecular complexity index is 295. The number of aryl methyl sites for hydroxylation is 1. The molecule has 0 aliphatic rings.